The van der Waals surface area contributed by atoms with Crippen molar-refractivity contribution in [3.63, 3.8) is 0 Å². The second kappa shape index (κ2) is 9.92. The molecule has 5 atom stereocenters. The predicted octanol–water partition coefficient (Wildman–Crippen LogP) is 2.88. The fourth-order valence-corrected chi connectivity index (χ4v) is 4.11. The highest BCUT2D eigenvalue weighted by atomic mass is 31.1. The Morgan fingerprint density at radius 1 is 1.35 bits per heavy atom. The van der Waals surface area contributed by atoms with Gasteiger partial charge in [-0.1, -0.05) is 44.2 Å². The fourth-order valence-electron chi connectivity index (χ4n) is 3.35. The van der Waals surface area contributed by atoms with Gasteiger partial charge in [0.1, 0.15) is 0 Å². The molecule has 0 radical (unpaired) electrons. The van der Waals surface area contributed by atoms with E-state index in [0.717, 1.165) is 4.68 Å². The number of anilines is 1. The Morgan fingerprint density at radius 2 is 2.09 bits per heavy atom. The first-order chi connectivity index (χ1) is 16.3. The zero-order valence-corrected chi connectivity index (χ0v) is 19.4. The molecule has 0 spiro atoms. The number of hydrogen-bond donors (Lipinski definition) is 2. The SMILES string of the molecule is CC[C@H]1O[C@@H](n2nnc3c(=O)[nH]c(NC(=O)C(C)C)nc32)[C@@H](O[P+](=O)Oc2ccccc2)[C@@H]1F. The summed E-state index contributed by atoms with van der Waals surface area (Å²) in [6.45, 7) is 5.08. The van der Waals surface area contributed by atoms with E-state index < -0.39 is 38.4 Å². The van der Waals surface area contributed by atoms with E-state index in [-0.39, 0.29) is 34.7 Å². The Hall–Kier alpha value is -3.28. The summed E-state index contributed by atoms with van der Waals surface area (Å²) in [5, 5.41) is 10.2. The van der Waals surface area contributed by atoms with E-state index in [9.17, 15) is 14.2 Å². The summed E-state index contributed by atoms with van der Waals surface area (Å²) >= 11 is 0. The fraction of sp³-hybridized carbons (Fsp3) is 0.450. The number of hydrogen-bond acceptors (Lipinski definition) is 9. The number of fused-ring (bicyclic) bond motifs is 1. The highest BCUT2D eigenvalue weighted by Crippen LogP contribution is 2.41. The minimum Gasteiger partial charge on any atom is -0.347 e. The molecule has 0 saturated carbocycles. The Labute approximate surface area is 193 Å². The van der Waals surface area contributed by atoms with Crippen LogP contribution in [0.25, 0.3) is 11.2 Å². The van der Waals surface area contributed by atoms with Gasteiger partial charge in [0.25, 0.3) is 5.56 Å². The summed E-state index contributed by atoms with van der Waals surface area (Å²) in [5.41, 5.74) is -0.872. The first-order valence-electron chi connectivity index (χ1n) is 10.6. The van der Waals surface area contributed by atoms with Crippen molar-refractivity contribution in [2.24, 2.45) is 5.92 Å². The molecule has 180 valence electrons. The molecule has 14 heteroatoms. The summed E-state index contributed by atoms with van der Waals surface area (Å²) in [5.74, 6) is -0.577. The molecule has 0 bridgehead atoms. The molecule has 0 aliphatic carbocycles. The van der Waals surface area contributed by atoms with Crippen molar-refractivity contribution in [3.8, 4) is 5.75 Å². The molecule has 2 aromatic heterocycles. The van der Waals surface area contributed by atoms with Crippen molar-refractivity contribution >= 4 is 31.3 Å². The van der Waals surface area contributed by atoms with Crippen molar-refractivity contribution < 1.29 is 27.5 Å². The summed E-state index contributed by atoms with van der Waals surface area (Å²) in [4.78, 5) is 31.1. The molecule has 3 heterocycles. The second-order valence-electron chi connectivity index (χ2n) is 7.88. The smallest absolute Gasteiger partial charge is 0.347 e. The zero-order valence-electron chi connectivity index (χ0n) is 18.5. The summed E-state index contributed by atoms with van der Waals surface area (Å²) in [6, 6.07) is 8.29. The lowest BCUT2D eigenvalue weighted by Crippen LogP contribution is -2.30. The maximum atomic E-state index is 15.2. The Balaban J connectivity index is 1.65. The summed E-state index contributed by atoms with van der Waals surface area (Å²) in [6.07, 6.45) is -4.90. The van der Waals surface area contributed by atoms with Crippen molar-refractivity contribution in [2.45, 2.75) is 51.8 Å². The lowest BCUT2D eigenvalue weighted by molar-refractivity contribution is -0.118. The van der Waals surface area contributed by atoms with E-state index in [1.54, 1.807) is 51.1 Å². The van der Waals surface area contributed by atoms with Gasteiger partial charge in [-0.05, 0) is 18.6 Å². The Morgan fingerprint density at radius 3 is 2.76 bits per heavy atom. The minimum atomic E-state index is -2.77. The van der Waals surface area contributed by atoms with Crippen LogP contribution in [0.3, 0.4) is 0 Å². The van der Waals surface area contributed by atoms with E-state index in [1.165, 1.54) is 0 Å². The number of rotatable bonds is 8. The van der Waals surface area contributed by atoms with E-state index in [0.29, 0.717) is 6.42 Å². The van der Waals surface area contributed by atoms with Gasteiger partial charge in [0, 0.05) is 10.5 Å². The van der Waals surface area contributed by atoms with Crippen LogP contribution in [0.4, 0.5) is 10.3 Å². The molecule has 1 saturated heterocycles. The molecular formula is C20H23FN6O6P+. The highest BCUT2D eigenvalue weighted by molar-refractivity contribution is 7.33. The number of nitrogens with zero attached hydrogens (tertiary/aromatic N) is 4. The third kappa shape index (κ3) is 4.81. The number of carbonyl (C=O) groups is 1. The van der Waals surface area contributed by atoms with Gasteiger partial charge in [0.15, 0.2) is 35.4 Å². The molecule has 3 aromatic rings. The standard InChI is InChI=1S/C20H22FN6O6P/c1-4-12-13(21)15(33-34(30)32-11-8-6-5-7-9-11)19(31-12)27-16-14(25-26-27)18(29)24-20(22-16)23-17(28)10(2)3/h5-10,12-13,15,19H,4H2,1-3H3,(H-,22,23,24,26,28,29)/p+1/t12-,13-,15+,19-/m1/s1. The van der Waals surface area contributed by atoms with Gasteiger partial charge < -0.3 is 4.74 Å². The summed E-state index contributed by atoms with van der Waals surface area (Å²) < 4.78 is 45.2. The molecule has 1 aliphatic rings. The van der Waals surface area contributed by atoms with Gasteiger partial charge in [-0.3, -0.25) is 19.9 Å². The Bertz CT molecular complexity index is 1250. The Kier molecular flexibility index (Phi) is 6.96. The topological polar surface area (TPSA) is 150 Å². The lowest BCUT2D eigenvalue weighted by atomic mass is 10.1. The average molecular weight is 493 g/mol. The first kappa shape index (κ1) is 23.9. The zero-order chi connectivity index (χ0) is 24.4. The number of carbonyl (C=O) groups excluding carboxylic acids is 1. The van der Waals surface area contributed by atoms with Crippen LogP contribution in [-0.2, 0) is 18.6 Å². The van der Waals surface area contributed by atoms with Gasteiger partial charge in [-0.25, -0.2) is 8.91 Å². The number of halogens is 1. The molecule has 4 rings (SSSR count). The number of amides is 1. The third-order valence-electron chi connectivity index (χ3n) is 5.14. The quantitative estimate of drug-likeness (QED) is 0.452. The monoisotopic (exact) mass is 493 g/mol. The molecular weight excluding hydrogens is 470 g/mol. The van der Waals surface area contributed by atoms with E-state index >= 15 is 4.39 Å². The van der Waals surface area contributed by atoms with Crippen LogP contribution in [0.5, 0.6) is 5.75 Å². The number of nitrogens with one attached hydrogen (secondary N) is 2. The number of alkyl halides is 1. The third-order valence-corrected chi connectivity index (χ3v) is 5.91. The van der Waals surface area contributed by atoms with Crippen LogP contribution in [0.2, 0.25) is 0 Å². The highest BCUT2D eigenvalue weighted by Gasteiger charge is 2.52. The van der Waals surface area contributed by atoms with Gasteiger partial charge in [0.05, 0.1) is 6.10 Å². The number of benzene rings is 1. The van der Waals surface area contributed by atoms with Gasteiger partial charge in [-0.15, -0.1) is 9.62 Å². The second-order valence-corrected chi connectivity index (χ2v) is 8.72. The van der Waals surface area contributed by atoms with Crippen molar-refractivity contribution in [2.75, 3.05) is 5.32 Å². The van der Waals surface area contributed by atoms with Crippen LogP contribution < -0.4 is 15.4 Å². The van der Waals surface area contributed by atoms with E-state index in [1.807, 2.05) is 0 Å². The van der Waals surface area contributed by atoms with E-state index in [4.69, 9.17) is 13.8 Å². The van der Waals surface area contributed by atoms with Gasteiger partial charge >= 0.3 is 8.25 Å². The average Bonchev–Trinajstić information content (AvgIpc) is 3.35. The molecule has 1 unspecified atom stereocenters. The number of H-pyrrole nitrogens is 1. The minimum absolute atomic E-state index is 0.0652. The van der Waals surface area contributed by atoms with Gasteiger partial charge in [-0.2, -0.15) is 9.67 Å². The largest absolute Gasteiger partial charge is 0.750 e. The molecule has 1 amide bonds. The molecule has 34 heavy (non-hydrogen) atoms. The molecule has 2 N–H and O–H groups in total. The maximum Gasteiger partial charge on any atom is 0.750 e. The number of aromatic amines is 1. The molecule has 12 nitrogen and oxygen atoms in total. The normalized spacial score (nSPS) is 22.8. The number of para-hydroxylation sites is 1. The molecule has 1 fully saturated rings. The van der Waals surface area contributed by atoms with Crippen LogP contribution in [0, 0.1) is 5.92 Å². The summed E-state index contributed by atoms with van der Waals surface area (Å²) in [7, 11) is -2.77. The molecule has 1 aliphatic heterocycles. The van der Waals surface area contributed by atoms with Crippen LogP contribution >= 0.6 is 8.25 Å². The van der Waals surface area contributed by atoms with Crippen LogP contribution in [0.15, 0.2) is 35.1 Å². The van der Waals surface area contributed by atoms with Crippen LogP contribution in [-0.4, -0.2) is 49.2 Å². The molecule has 1 aromatic carbocycles. The predicted molar refractivity (Wildman–Crippen MR) is 118 cm³/mol. The van der Waals surface area contributed by atoms with Gasteiger partial charge in [0.2, 0.25) is 11.9 Å². The van der Waals surface area contributed by atoms with Crippen molar-refractivity contribution in [3.05, 3.63) is 40.7 Å². The first-order valence-corrected chi connectivity index (χ1v) is 11.7. The van der Waals surface area contributed by atoms with Crippen molar-refractivity contribution in [1.82, 2.24) is 25.0 Å². The van der Waals surface area contributed by atoms with Crippen molar-refractivity contribution in [1.29, 1.82) is 0 Å². The van der Waals surface area contributed by atoms with E-state index in [2.05, 4.69) is 25.6 Å². The number of aromatic nitrogens is 5. The maximum absolute atomic E-state index is 15.2. The van der Waals surface area contributed by atoms with Crippen LogP contribution in [0.1, 0.15) is 33.4 Å². The lowest BCUT2D eigenvalue weighted by Gasteiger charge is -2.14. The number of ether oxygens (including phenoxy) is 1.